The number of aryl methyl sites for hydroxylation is 2. The van der Waals surface area contributed by atoms with Crippen LogP contribution < -0.4 is 20.6 Å². The molecule has 164 valence electrons. The molecule has 4 rings (SSSR count). The van der Waals surface area contributed by atoms with E-state index in [2.05, 4.69) is 16.3 Å². The molecule has 1 saturated heterocycles. The van der Waals surface area contributed by atoms with Crippen LogP contribution in [0.15, 0.2) is 41.2 Å². The number of amides is 1. The number of nitrogens with zero attached hydrogens (tertiary/aromatic N) is 3. The molecule has 1 aliphatic heterocycles. The van der Waals surface area contributed by atoms with Crippen molar-refractivity contribution in [2.75, 3.05) is 30.4 Å². The monoisotopic (exact) mass is 422 g/mol. The summed E-state index contributed by atoms with van der Waals surface area (Å²) in [5.74, 6) is 0.689. The topological polar surface area (TPSA) is 68.5 Å². The van der Waals surface area contributed by atoms with Crippen molar-refractivity contribution in [1.82, 2.24) is 9.13 Å². The Kier molecular flexibility index (Phi) is 6.02. The third-order valence-corrected chi connectivity index (χ3v) is 6.01. The molecule has 7 nitrogen and oxygen atoms in total. The molecule has 0 spiro atoms. The summed E-state index contributed by atoms with van der Waals surface area (Å²) in [6, 6.07) is 11.6. The van der Waals surface area contributed by atoms with Crippen LogP contribution in [0.1, 0.15) is 32.3 Å². The third kappa shape index (κ3) is 4.04. The summed E-state index contributed by atoms with van der Waals surface area (Å²) in [4.78, 5) is 28.0. The number of carbonyl (C=O) groups excluding carboxylic acids is 1. The minimum Gasteiger partial charge on any atom is -0.497 e. The molecule has 0 saturated carbocycles. The molecule has 1 aliphatic rings. The number of anilines is 2. The van der Waals surface area contributed by atoms with Crippen LogP contribution in [-0.2, 0) is 24.3 Å². The Balaban J connectivity index is 1.71. The van der Waals surface area contributed by atoms with Gasteiger partial charge in [0.1, 0.15) is 5.75 Å². The van der Waals surface area contributed by atoms with Crippen LogP contribution in [-0.4, -0.2) is 35.2 Å². The minimum absolute atomic E-state index is 0.00548. The molecule has 1 fully saturated rings. The molecular formula is C24H30N4O3. The summed E-state index contributed by atoms with van der Waals surface area (Å²) in [5.41, 5.74) is 4.45. The Morgan fingerprint density at radius 1 is 1.00 bits per heavy atom. The van der Waals surface area contributed by atoms with Crippen molar-refractivity contribution in [3.8, 4) is 5.75 Å². The zero-order valence-corrected chi connectivity index (χ0v) is 18.5. The van der Waals surface area contributed by atoms with Crippen LogP contribution >= 0.6 is 0 Å². The molecule has 0 bridgehead atoms. The quantitative estimate of drug-likeness (QED) is 0.631. The number of rotatable bonds is 7. The number of benzene rings is 2. The van der Waals surface area contributed by atoms with Gasteiger partial charge in [-0.25, -0.2) is 4.79 Å². The summed E-state index contributed by atoms with van der Waals surface area (Å²) < 4.78 is 8.77. The summed E-state index contributed by atoms with van der Waals surface area (Å²) in [6.45, 7) is 7.07. The molecule has 3 aromatic rings. The average molecular weight is 423 g/mol. The standard InChI is InChI=1S/C24H30N4O3/c1-4-27-21-15-19(25-23(29)14-17-8-10-18(31-3)11-9-17)20(26-12-6-7-13-26)16-22(21)28(5-2)24(27)30/h8-11,15-16H,4-7,12-14H2,1-3H3,(H,25,29). The lowest BCUT2D eigenvalue weighted by atomic mass is 10.1. The van der Waals surface area contributed by atoms with E-state index in [1.54, 1.807) is 16.2 Å². The van der Waals surface area contributed by atoms with E-state index < -0.39 is 0 Å². The van der Waals surface area contributed by atoms with Gasteiger partial charge in [0.15, 0.2) is 0 Å². The molecule has 1 aromatic heterocycles. The first-order valence-electron chi connectivity index (χ1n) is 11.0. The predicted octanol–water partition coefficient (Wildman–Crippen LogP) is 3.63. The normalized spacial score (nSPS) is 13.7. The van der Waals surface area contributed by atoms with Crippen LogP contribution in [0, 0.1) is 0 Å². The lowest BCUT2D eigenvalue weighted by Gasteiger charge is -2.22. The zero-order valence-electron chi connectivity index (χ0n) is 18.5. The van der Waals surface area contributed by atoms with Crippen LogP contribution in [0.25, 0.3) is 11.0 Å². The van der Waals surface area contributed by atoms with Crippen LogP contribution in [0.5, 0.6) is 5.75 Å². The summed E-state index contributed by atoms with van der Waals surface area (Å²) in [7, 11) is 1.62. The Bertz CT molecular complexity index is 1140. The average Bonchev–Trinajstić information content (AvgIpc) is 3.39. The van der Waals surface area contributed by atoms with E-state index in [4.69, 9.17) is 4.74 Å². The Labute approximate surface area is 182 Å². The van der Waals surface area contributed by atoms with Gasteiger partial charge in [0.25, 0.3) is 0 Å². The van der Waals surface area contributed by atoms with Crippen molar-refractivity contribution < 1.29 is 9.53 Å². The smallest absolute Gasteiger partial charge is 0.329 e. The molecule has 7 heteroatoms. The zero-order chi connectivity index (χ0) is 22.0. The fourth-order valence-electron chi connectivity index (χ4n) is 4.40. The second-order valence-corrected chi connectivity index (χ2v) is 7.90. The van der Waals surface area contributed by atoms with E-state index >= 15 is 0 Å². The minimum atomic E-state index is -0.0784. The van der Waals surface area contributed by atoms with E-state index in [0.717, 1.165) is 59.7 Å². The molecule has 2 aromatic carbocycles. The molecule has 31 heavy (non-hydrogen) atoms. The molecular weight excluding hydrogens is 392 g/mol. The number of hydrogen-bond donors (Lipinski definition) is 1. The van der Waals surface area contributed by atoms with Crippen molar-refractivity contribution in [3.63, 3.8) is 0 Å². The van der Waals surface area contributed by atoms with Crippen molar-refractivity contribution in [2.45, 2.75) is 46.2 Å². The van der Waals surface area contributed by atoms with Crippen molar-refractivity contribution in [1.29, 1.82) is 0 Å². The van der Waals surface area contributed by atoms with Crippen LogP contribution in [0.3, 0.4) is 0 Å². The number of nitrogens with one attached hydrogen (secondary N) is 1. The Hall–Kier alpha value is -3.22. The number of carbonyl (C=O) groups is 1. The molecule has 0 radical (unpaired) electrons. The SMILES string of the molecule is CCn1c(=O)n(CC)c2cc(N3CCCC3)c(NC(=O)Cc3ccc(OC)cc3)cc21. The highest BCUT2D eigenvalue weighted by Gasteiger charge is 2.21. The van der Waals surface area contributed by atoms with Gasteiger partial charge in [0.05, 0.1) is 35.9 Å². The van der Waals surface area contributed by atoms with Gasteiger partial charge >= 0.3 is 5.69 Å². The van der Waals surface area contributed by atoms with Crippen LogP contribution in [0.2, 0.25) is 0 Å². The van der Waals surface area contributed by atoms with Gasteiger partial charge in [0, 0.05) is 26.2 Å². The highest BCUT2D eigenvalue weighted by Crippen LogP contribution is 2.33. The summed E-state index contributed by atoms with van der Waals surface area (Å²) >= 11 is 0. The second kappa shape index (κ2) is 8.88. The van der Waals surface area contributed by atoms with Gasteiger partial charge in [-0.1, -0.05) is 12.1 Å². The Morgan fingerprint density at radius 2 is 1.61 bits per heavy atom. The predicted molar refractivity (Wildman–Crippen MR) is 124 cm³/mol. The lowest BCUT2D eigenvalue weighted by molar-refractivity contribution is -0.115. The molecule has 0 atom stereocenters. The number of methoxy groups -OCH3 is 1. The number of ether oxygens (including phenoxy) is 1. The van der Waals surface area contributed by atoms with Crippen molar-refractivity contribution >= 4 is 28.3 Å². The van der Waals surface area contributed by atoms with Gasteiger partial charge in [-0.3, -0.25) is 13.9 Å². The maximum absolute atomic E-state index is 12.9. The van der Waals surface area contributed by atoms with E-state index in [-0.39, 0.29) is 18.0 Å². The van der Waals surface area contributed by atoms with Crippen molar-refractivity contribution in [2.24, 2.45) is 0 Å². The van der Waals surface area contributed by atoms with Gasteiger partial charge < -0.3 is 15.0 Å². The first-order chi connectivity index (χ1) is 15.0. The largest absolute Gasteiger partial charge is 0.497 e. The number of aromatic nitrogens is 2. The highest BCUT2D eigenvalue weighted by atomic mass is 16.5. The maximum atomic E-state index is 12.9. The number of hydrogen-bond acceptors (Lipinski definition) is 4. The molecule has 0 aliphatic carbocycles. The first kappa shape index (κ1) is 21.0. The second-order valence-electron chi connectivity index (χ2n) is 7.90. The van der Waals surface area contributed by atoms with Crippen LogP contribution in [0.4, 0.5) is 11.4 Å². The molecule has 1 N–H and O–H groups in total. The summed E-state index contributed by atoms with van der Waals surface area (Å²) in [6.07, 6.45) is 2.54. The maximum Gasteiger partial charge on any atom is 0.329 e. The number of imidazole rings is 1. The fraction of sp³-hybridized carbons (Fsp3) is 0.417. The third-order valence-electron chi connectivity index (χ3n) is 6.01. The first-order valence-corrected chi connectivity index (χ1v) is 11.0. The Morgan fingerprint density at radius 3 is 2.19 bits per heavy atom. The van der Waals surface area contributed by atoms with Gasteiger partial charge in [-0.2, -0.15) is 0 Å². The van der Waals surface area contributed by atoms with E-state index in [1.165, 1.54) is 0 Å². The van der Waals surface area contributed by atoms with Gasteiger partial charge in [-0.15, -0.1) is 0 Å². The molecule has 2 heterocycles. The van der Waals surface area contributed by atoms with Crippen molar-refractivity contribution in [3.05, 3.63) is 52.4 Å². The van der Waals surface area contributed by atoms with Gasteiger partial charge in [-0.05, 0) is 56.5 Å². The molecule has 1 amide bonds. The summed E-state index contributed by atoms with van der Waals surface area (Å²) in [5, 5.41) is 3.12. The molecule has 0 unspecified atom stereocenters. The highest BCUT2D eigenvalue weighted by molar-refractivity contribution is 5.99. The van der Waals surface area contributed by atoms with E-state index in [0.29, 0.717) is 13.1 Å². The van der Waals surface area contributed by atoms with E-state index in [9.17, 15) is 9.59 Å². The van der Waals surface area contributed by atoms with E-state index in [1.807, 2.05) is 44.2 Å². The lowest BCUT2D eigenvalue weighted by Crippen LogP contribution is -2.23. The number of fused-ring (bicyclic) bond motifs is 1. The fourth-order valence-corrected chi connectivity index (χ4v) is 4.40. The van der Waals surface area contributed by atoms with Gasteiger partial charge in [0.2, 0.25) is 5.91 Å².